The molecule has 4 atom stereocenters. The van der Waals surface area contributed by atoms with Crippen molar-refractivity contribution in [3.05, 3.63) is 71.8 Å². The lowest BCUT2D eigenvalue weighted by Crippen LogP contribution is -2.46. The first-order chi connectivity index (χ1) is 14.2. The van der Waals surface area contributed by atoms with Gasteiger partial charge in [-0.2, -0.15) is 0 Å². The number of nitrogens with one attached hydrogen (secondary N) is 1. The van der Waals surface area contributed by atoms with E-state index >= 15 is 0 Å². The molecular formula is C24H29FN2O2. The number of nitrogens with zero attached hydrogens (tertiary/aromatic N) is 1. The topological polar surface area (TPSA) is 41.6 Å². The number of ether oxygens (including phenoxy) is 1. The van der Waals surface area contributed by atoms with Crippen molar-refractivity contribution in [3.8, 4) is 0 Å². The van der Waals surface area contributed by atoms with E-state index in [9.17, 15) is 9.18 Å². The molecule has 2 aromatic carbocycles. The van der Waals surface area contributed by atoms with Crippen LogP contribution in [-0.4, -0.2) is 43.0 Å². The standard InChI is InChI=1S/C24H29FN2O2/c25-23-15-19(17-26-22-16-21(22)20-9-5-2-6-10-20)11-13-27(23)24(28)29-14-12-18-7-3-1-4-8-18/h1-10,19,21-23,26H,11-17H2/t19?,21-,22+,23?/m0/s1. The van der Waals surface area contributed by atoms with E-state index in [1.165, 1.54) is 10.5 Å². The van der Waals surface area contributed by atoms with Crippen LogP contribution in [0.5, 0.6) is 0 Å². The lowest BCUT2D eigenvalue weighted by Gasteiger charge is -2.34. The van der Waals surface area contributed by atoms with Gasteiger partial charge >= 0.3 is 6.09 Å². The van der Waals surface area contributed by atoms with E-state index in [0.29, 0.717) is 31.3 Å². The predicted molar refractivity (Wildman–Crippen MR) is 111 cm³/mol. The van der Waals surface area contributed by atoms with E-state index in [1.807, 2.05) is 36.4 Å². The lowest BCUT2D eigenvalue weighted by molar-refractivity contribution is 0.0124. The van der Waals surface area contributed by atoms with Gasteiger partial charge in [0.2, 0.25) is 0 Å². The molecule has 2 unspecified atom stereocenters. The Bertz CT molecular complexity index is 786. The molecular weight excluding hydrogens is 367 g/mol. The van der Waals surface area contributed by atoms with Crippen LogP contribution in [0.3, 0.4) is 0 Å². The Morgan fingerprint density at radius 3 is 2.52 bits per heavy atom. The SMILES string of the molecule is O=C(OCCc1ccccc1)N1CCC(CN[C@@H]2C[C@H]2c2ccccc2)CC1F. The fraction of sp³-hybridized carbons (Fsp3) is 0.458. The van der Waals surface area contributed by atoms with Crippen molar-refractivity contribution in [2.75, 3.05) is 19.7 Å². The number of rotatable bonds is 7. The van der Waals surface area contributed by atoms with Crippen molar-refractivity contribution >= 4 is 6.09 Å². The van der Waals surface area contributed by atoms with Crippen molar-refractivity contribution in [2.24, 2.45) is 5.92 Å². The van der Waals surface area contributed by atoms with Gasteiger partial charge in [-0.25, -0.2) is 9.18 Å². The summed E-state index contributed by atoms with van der Waals surface area (Å²) >= 11 is 0. The van der Waals surface area contributed by atoms with Crippen molar-refractivity contribution < 1.29 is 13.9 Å². The third kappa shape index (κ3) is 5.36. The van der Waals surface area contributed by atoms with Gasteiger partial charge in [0.05, 0.1) is 6.61 Å². The molecule has 5 heteroatoms. The van der Waals surface area contributed by atoms with Gasteiger partial charge in [-0.3, -0.25) is 4.90 Å². The average molecular weight is 397 g/mol. The Morgan fingerprint density at radius 2 is 1.79 bits per heavy atom. The molecule has 0 spiro atoms. The minimum absolute atomic E-state index is 0.260. The Morgan fingerprint density at radius 1 is 1.07 bits per heavy atom. The van der Waals surface area contributed by atoms with Crippen LogP contribution in [0.2, 0.25) is 0 Å². The highest BCUT2D eigenvalue weighted by Crippen LogP contribution is 2.40. The molecule has 1 amide bonds. The van der Waals surface area contributed by atoms with Crippen molar-refractivity contribution in [1.82, 2.24) is 10.2 Å². The maximum Gasteiger partial charge on any atom is 0.412 e. The molecule has 29 heavy (non-hydrogen) atoms. The smallest absolute Gasteiger partial charge is 0.412 e. The number of halogens is 1. The molecule has 0 aromatic heterocycles. The van der Waals surface area contributed by atoms with Crippen molar-refractivity contribution in [2.45, 2.75) is 43.9 Å². The summed E-state index contributed by atoms with van der Waals surface area (Å²) in [4.78, 5) is 13.5. The van der Waals surface area contributed by atoms with Gasteiger partial charge in [-0.15, -0.1) is 0 Å². The summed E-state index contributed by atoms with van der Waals surface area (Å²) in [5.41, 5.74) is 2.48. The number of carbonyl (C=O) groups is 1. The first kappa shape index (κ1) is 19.9. The largest absolute Gasteiger partial charge is 0.449 e. The van der Waals surface area contributed by atoms with Crippen LogP contribution in [0.1, 0.15) is 36.3 Å². The van der Waals surface area contributed by atoms with E-state index in [1.54, 1.807) is 0 Å². The van der Waals surface area contributed by atoms with Gasteiger partial charge in [0.15, 0.2) is 6.30 Å². The second-order valence-electron chi connectivity index (χ2n) is 8.14. The van der Waals surface area contributed by atoms with Crippen LogP contribution >= 0.6 is 0 Å². The second kappa shape index (κ2) is 9.40. The maximum atomic E-state index is 14.6. The van der Waals surface area contributed by atoms with Crippen molar-refractivity contribution in [1.29, 1.82) is 0 Å². The predicted octanol–water partition coefficient (Wildman–Crippen LogP) is 4.52. The zero-order valence-electron chi connectivity index (χ0n) is 16.7. The molecule has 4 rings (SSSR count). The molecule has 2 fully saturated rings. The van der Waals surface area contributed by atoms with Crippen LogP contribution in [0, 0.1) is 5.92 Å². The van der Waals surface area contributed by atoms with Crippen molar-refractivity contribution in [3.63, 3.8) is 0 Å². The summed E-state index contributed by atoms with van der Waals surface area (Å²) < 4.78 is 19.9. The molecule has 2 aliphatic rings. The highest BCUT2D eigenvalue weighted by atomic mass is 19.1. The van der Waals surface area contributed by atoms with Crippen LogP contribution in [-0.2, 0) is 11.2 Å². The molecule has 4 nitrogen and oxygen atoms in total. The highest BCUT2D eigenvalue weighted by Gasteiger charge is 2.39. The van der Waals surface area contributed by atoms with Gasteiger partial charge in [0.25, 0.3) is 0 Å². The average Bonchev–Trinajstić information content (AvgIpc) is 3.53. The Labute approximate surface area is 172 Å². The van der Waals surface area contributed by atoms with E-state index in [0.717, 1.165) is 24.9 Å². The number of amides is 1. The second-order valence-corrected chi connectivity index (χ2v) is 8.14. The number of likely N-dealkylation sites (tertiary alicyclic amines) is 1. The fourth-order valence-corrected chi connectivity index (χ4v) is 4.16. The zero-order valence-corrected chi connectivity index (χ0v) is 16.7. The Hall–Kier alpha value is -2.40. The maximum absolute atomic E-state index is 14.6. The quantitative estimate of drug-likeness (QED) is 0.700. The molecule has 0 radical (unpaired) electrons. The minimum Gasteiger partial charge on any atom is -0.449 e. The summed E-state index contributed by atoms with van der Waals surface area (Å²) in [7, 11) is 0. The van der Waals surface area contributed by atoms with Gasteiger partial charge in [0.1, 0.15) is 0 Å². The number of hydrogen-bond acceptors (Lipinski definition) is 3. The number of alkyl halides is 1. The number of carbonyl (C=O) groups excluding carboxylic acids is 1. The van der Waals surface area contributed by atoms with Gasteiger partial charge < -0.3 is 10.1 Å². The summed E-state index contributed by atoms with van der Waals surface area (Å²) in [5.74, 6) is 0.840. The van der Waals surface area contributed by atoms with Gasteiger partial charge in [0, 0.05) is 31.3 Å². The van der Waals surface area contributed by atoms with E-state index < -0.39 is 12.4 Å². The zero-order chi connectivity index (χ0) is 20.1. The highest BCUT2D eigenvalue weighted by molar-refractivity contribution is 5.68. The summed E-state index contributed by atoms with van der Waals surface area (Å²) in [5, 5.41) is 3.59. The molecule has 1 saturated carbocycles. The first-order valence-corrected chi connectivity index (χ1v) is 10.6. The van der Waals surface area contributed by atoms with E-state index in [-0.39, 0.29) is 12.5 Å². The van der Waals surface area contributed by atoms with E-state index in [2.05, 4.69) is 29.6 Å². The Balaban J connectivity index is 1.15. The number of piperidine rings is 1. The molecule has 1 aliphatic carbocycles. The Kier molecular flexibility index (Phi) is 6.45. The van der Waals surface area contributed by atoms with Gasteiger partial charge in [-0.05, 0) is 36.4 Å². The minimum atomic E-state index is -1.26. The summed E-state index contributed by atoms with van der Waals surface area (Å²) in [6, 6.07) is 20.9. The van der Waals surface area contributed by atoms with Crippen LogP contribution < -0.4 is 5.32 Å². The third-order valence-corrected chi connectivity index (χ3v) is 6.02. The monoisotopic (exact) mass is 396 g/mol. The first-order valence-electron chi connectivity index (χ1n) is 10.6. The number of benzene rings is 2. The number of hydrogen-bond donors (Lipinski definition) is 1. The van der Waals surface area contributed by atoms with Crippen LogP contribution in [0.25, 0.3) is 0 Å². The molecule has 0 bridgehead atoms. The fourth-order valence-electron chi connectivity index (χ4n) is 4.16. The molecule has 2 aromatic rings. The van der Waals surface area contributed by atoms with E-state index in [4.69, 9.17) is 4.74 Å². The van der Waals surface area contributed by atoms with Crippen LogP contribution in [0.15, 0.2) is 60.7 Å². The molecule has 1 saturated heterocycles. The molecule has 1 heterocycles. The van der Waals surface area contributed by atoms with Gasteiger partial charge in [-0.1, -0.05) is 60.7 Å². The molecule has 1 aliphatic heterocycles. The molecule has 154 valence electrons. The lowest BCUT2D eigenvalue weighted by atomic mass is 9.96. The normalized spacial score (nSPS) is 26.2. The summed E-state index contributed by atoms with van der Waals surface area (Å²) in [6.45, 7) is 1.51. The van der Waals surface area contributed by atoms with Crippen LogP contribution in [0.4, 0.5) is 9.18 Å². The molecule has 1 N–H and O–H groups in total. The summed E-state index contributed by atoms with van der Waals surface area (Å²) in [6.07, 6.45) is 1.19. The third-order valence-electron chi connectivity index (χ3n) is 6.02.